The minimum Gasteiger partial charge on any atom is -0.494 e. The molecule has 1 aliphatic rings. The van der Waals surface area contributed by atoms with Gasteiger partial charge in [0.25, 0.3) is 11.8 Å². The highest BCUT2D eigenvalue weighted by Gasteiger charge is 2.34. The van der Waals surface area contributed by atoms with Crippen LogP contribution in [-0.2, 0) is 0 Å². The molecular weight excluding hydrogens is 374 g/mol. The second-order valence-electron chi connectivity index (χ2n) is 7.79. The molecule has 3 aromatic carbocycles. The number of benzene rings is 3. The van der Waals surface area contributed by atoms with E-state index in [1.54, 1.807) is 24.3 Å². The van der Waals surface area contributed by atoms with Crippen LogP contribution >= 0.6 is 0 Å². The van der Waals surface area contributed by atoms with Crippen LogP contribution in [0.4, 0.5) is 0 Å². The predicted molar refractivity (Wildman–Crippen MR) is 119 cm³/mol. The first kappa shape index (κ1) is 20.1. The van der Waals surface area contributed by atoms with E-state index in [0.29, 0.717) is 17.7 Å². The molecule has 1 aliphatic heterocycles. The van der Waals surface area contributed by atoms with Crippen molar-refractivity contribution in [3.8, 4) is 5.75 Å². The van der Waals surface area contributed by atoms with Crippen molar-refractivity contribution in [2.75, 3.05) is 13.2 Å². The molecule has 3 aromatic rings. The molecule has 4 nitrogen and oxygen atoms in total. The predicted octanol–water partition coefficient (Wildman–Crippen LogP) is 5.86. The van der Waals surface area contributed by atoms with Crippen LogP contribution in [0.15, 0.2) is 66.7 Å². The van der Waals surface area contributed by atoms with Gasteiger partial charge in [0.05, 0.1) is 17.7 Å². The Morgan fingerprint density at radius 2 is 1.23 bits per heavy atom. The molecule has 4 heteroatoms. The lowest BCUT2D eigenvalue weighted by atomic mass is 10.1. The van der Waals surface area contributed by atoms with Gasteiger partial charge in [-0.2, -0.15) is 0 Å². The van der Waals surface area contributed by atoms with Gasteiger partial charge in [-0.05, 0) is 47.9 Å². The molecule has 0 atom stereocenters. The Hall–Kier alpha value is -3.14. The lowest BCUT2D eigenvalue weighted by Gasteiger charge is -2.13. The molecule has 0 saturated carbocycles. The van der Waals surface area contributed by atoms with E-state index >= 15 is 0 Å². The number of hydrogen-bond acceptors (Lipinski definition) is 3. The zero-order chi connectivity index (χ0) is 20.8. The molecule has 4 rings (SSSR count). The maximum atomic E-state index is 12.3. The molecule has 1 heterocycles. The van der Waals surface area contributed by atoms with E-state index < -0.39 is 0 Å². The zero-order valence-electron chi connectivity index (χ0n) is 17.2. The summed E-state index contributed by atoms with van der Waals surface area (Å²) in [7, 11) is 0. The number of carbonyl (C=O) groups excluding carboxylic acids is 2. The number of unbranched alkanes of at least 4 members (excludes halogenated alkanes) is 5. The first-order chi connectivity index (χ1) is 14.7. The summed E-state index contributed by atoms with van der Waals surface area (Å²) in [6, 6.07) is 21.6. The van der Waals surface area contributed by atoms with Crippen molar-refractivity contribution in [2.24, 2.45) is 0 Å². The van der Waals surface area contributed by atoms with E-state index in [1.165, 1.54) is 15.7 Å². The quantitative estimate of drug-likeness (QED) is 0.316. The van der Waals surface area contributed by atoms with Crippen LogP contribution in [0.2, 0.25) is 0 Å². The first-order valence-electron chi connectivity index (χ1n) is 10.8. The third kappa shape index (κ3) is 4.54. The Morgan fingerprint density at radius 1 is 0.633 bits per heavy atom. The summed E-state index contributed by atoms with van der Waals surface area (Å²) in [5.74, 6) is 0.623. The molecule has 0 radical (unpaired) electrons. The van der Waals surface area contributed by atoms with Gasteiger partial charge in [-0.3, -0.25) is 14.5 Å². The molecule has 0 aliphatic carbocycles. The molecule has 0 bridgehead atoms. The number of hydrogen-bond donors (Lipinski definition) is 0. The fraction of sp³-hybridized carbons (Fsp3) is 0.308. The first-order valence-corrected chi connectivity index (χ1v) is 10.8. The van der Waals surface area contributed by atoms with Crippen LogP contribution in [0.5, 0.6) is 5.75 Å². The highest BCUT2D eigenvalue weighted by Crippen LogP contribution is 2.23. The van der Waals surface area contributed by atoms with Crippen LogP contribution in [0.3, 0.4) is 0 Å². The minimum atomic E-state index is -0.151. The lowest BCUT2D eigenvalue weighted by Crippen LogP contribution is -2.30. The van der Waals surface area contributed by atoms with Gasteiger partial charge in [0.15, 0.2) is 0 Å². The number of rotatable bonds is 10. The number of ether oxygens (including phenoxy) is 1. The fourth-order valence-corrected chi connectivity index (χ4v) is 3.97. The summed E-state index contributed by atoms with van der Waals surface area (Å²) in [6.07, 6.45) is 6.30. The van der Waals surface area contributed by atoms with Crippen molar-refractivity contribution in [3.63, 3.8) is 0 Å². The molecule has 2 amide bonds. The molecule has 0 fully saturated rings. The van der Waals surface area contributed by atoms with Crippen molar-refractivity contribution in [1.29, 1.82) is 0 Å². The Kier molecular flexibility index (Phi) is 6.43. The van der Waals surface area contributed by atoms with Crippen LogP contribution in [0, 0.1) is 0 Å². The highest BCUT2D eigenvalue weighted by atomic mass is 16.5. The second kappa shape index (κ2) is 9.57. The Morgan fingerprint density at radius 3 is 1.97 bits per heavy atom. The summed E-state index contributed by atoms with van der Waals surface area (Å²) in [5, 5.41) is 2.43. The van der Waals surface area contributed by atoms with Gasteiger partial charge in [-0.25, -0.2) is 0 Å². The second-order valence-corrected chi connectivity index (χ2v) is 7.79. The van der Waals surface area contributed by atoms with E-state index in [1.807, 2.05) is 18.2 Å². The smallest absolute Gasteiger partial charge is 0.261 e. The molecule has 0 spiro atoms. The monoisotopic (exact) mass is 401 g/mol. The molecule has 0 saturated heterocycles. The molecule has 0 N–H and O–H groups in total. The third-order valence-electron chi connectivity index (χ3n) is 5.64. The van der Waals surface area contributed by atoms with E-state index in [2.05, 4.69) is 24.3 Å². The number of amides is 2. The largest absolute Gasteiger partial charge is 0.494 e. The number of imide groups is 1. The van der Waals surface area contributed by atoms with Crippen LogP contribution in [0.25, 0.3) is 10.8 Å². The summed E-state index contributed by atoms with van der Waals surface area (Å²) >= 11 is 0. The Balaban J connectivity index is 1.08. The fourth-order valence-electron chi connectivity index (χ4n) is 3.97. The van der Waals surface area contributed by atoms with E-state index in [0.717, 1.165) is 50.9 Å². The van der Waals surface area contributed by atoms with E-state index in [4.69, 9.17) is 4.74 Å². The summed E-state index contributed by atoms with van der Waals surface area (Å²) in [4.78, 5) is 26.0. The topological polar surface area (TPSA) is 46.6 Å². The van der Waals surface area contributed by atoms with Gasteiger partial charge in [0.2, 0.25) is 0 Å². The number of fused-ring (bicyclic) bond motifs is 2. The van der Waals surface area contributed by atoms with Gasteiger partial charge in [-0.15, -0.1) is 0 Å². The standard InChI is InChI=1S/C26H27NO3/c28-25-23-13-7-8-14-24(23)26(29)27(25)17-9-3-1-2-4-10-18-30-22-16-15-20-11-5-6-12-21(20)19-22/h5-8,11-16,19H,1-4,9-10,17-18H2. The van der Waals surface area contributed by atoms with Crippen LogP contribution < -0.4 is 4.74 Å². The molecule has 30 heavy (non-hydrogen) atoms. The van der Waals surface area contributed by atoms with Gasteiger partial charge in [0.1, 0.15) is 5.75 Å². The average molecular weight is 402 g/mol. The van der Waals surface area contributed by atoms with Crippen molar-refractivity contribution >= 4 is 22.6 Å². The zero-order valence-corrected chi connectivity index (χ0v) is 17.2. The Labute approximate surface area is 177 Å². The maximum Gasteiger partial charge on any atom is 0.261 e. The van der Waals surface area contributed by atoms with E-state index in [9.17, 15) is 9.59 Å². The van der Waals surface area contributed by atoms with Crippen LogP contribution in [0.1, 0.15) is 59.2 Å². The van der Waals surface area contributed by atoms with Gasteiger partial charge in [-0.1, -0.05) is 68.1 Å². The average Bonchev–Trinajstić information content (AvgIpc) is 3.02. The van der Waals surface area contributed by atoms with Crippen molar-refractivity contribution in [1.82, 2.24) is 4.90 Å². The molecule has 0 aromatic heterocycles. The van der Waals surface area contributed by atoms with E-state index in [-0.39, 0.29) is 11.8 Å². The summed E-state index contributed by atoms with van der Waals surface area (Å²) in [5.41, 5.74) is 1.07. The van der Waals surface area contributed by atoms with Crippen molar-refractivity contribution < 1.29 is 14.3 Å². The normalized spacial score (nSPS) is 13.1. The van der Waals surface area contributed by atoms with Gasteiger partial charge in [0, 0.05) is 6.54 Å². The van der Waals surface area contributed by atoms with Crippen molar-refractivity contribution in [2.45, 2.75) is 38.5 Å². The van der Waals surface area contributed by atoms with Crippen molar-refractivity contribution in [3.05, 3.63) is 77.9 Å². The maximum absolute atomic E-state index is 12.3. The number of carbonyl (C=O) groups is 2. The third-order valence-corrected chi connectivity index (χ3v) is 5.64. The minimum absolute atomic E-state index is 0.151. The highest BCUT2D eigenvalue weighted by molar-refractivity contribution is 6.21. The van der Waals surface area contributed by atoms with Gasteiger partial charge >= 0.3 is 0 Å². The molecule has 154 valence electrons. The summed E-state index contributed by atoms with van der Waals surface area (Å²) in [6.45, 7) is 1.24. The van der Waals surface area contributed by atoms with Crippen LogP contribution in [-0.4, -0.2) is 29.9 Å². The molecule has 0 unspecified atom stereocenters. The lowest BCUT2D eigenvalue weighted by molar-refractivity contribution is 0.0651. The number of nitrogens with zero attached hydrogens (tertiary/aromatic N) is 1. The summed E-state index contributed by atoms with van der Waals surface area (Å²) < 4.78 is 5.88. The van der Waals surface area contributed by atoms with Gasteiger partial charge < -0.3 is 4.74 Å². The Bertz CT molecular complexity index is 1010. The molecular formula is C26H27NO3. The SMILES string of the molecule is O=C1c2ccccc2C(=O)N1CCCCCCCCOc1ccc2ccccc2c1.